The molecule has 176 valence electrons. The number of halogens is 1. The first kappa shape index (κ1) is 23.3. The number of aromatic nitrogens is 4. The van der Waals surface area contributed by atoms with Crippen LogP contribution in [0.1, 0.15) is 37.4 Å². The molecule has 2 N–H and O–H groups in total. The molecule has 1 saturated heterocycles. The number of carbonyl (C=O) groups excluding carboxylic acids is 2. The number of benzene rings is 1. The molecule has 0 saturated carbocycles. The number of aliphatic hydroxyl groups excluding tert-OH is 1. The van der Waals surface area contributed by atoms with Crippen molar-refractivity contribution < 1.29 is 19.1 Å². The van der Waals surface area contributed by atoms with Gasteiger partial charge >= 0.3 is 0 Å². The number of aliphatic hydroxyl groups is 1. The first-order valence-corrected chi connectivity index (χ1v) is 10.9. The molecule has 3 atom stereocenters. The average molecular weight is 465 g/mol. The molecule has 0 bridgehead atoms. The lowest BCUT2D eigenvalue weighted by atomic mass is 10.0. The van der Waals surface area contributed by atoms with E-state index in [0.717, 1.165) is 11.1 Å². The number of likely N-dealkylation sites (tertiary alicyclic amines) is 1. The molecule has 0 aliphatic carbocycles. The molecule has 3 heterocycles. The van der Waals surface area contributed by atoms with E-state index in [-0.39, 0.29) is 25.9 Å². The number of nitriles is 1. The van der Waals surface area contributed by atoms with Gasteiger partial charge in [0.1, 0.15) is 18.5 Å². The molecule has 0 radical (unpaired) electrons. The van der Waals surface area contributed by atoms with Gasteiger partial charge in [0.15, 0.2) is 6.19 Å². The Morgan fingerprint density at radius 3 is 2.74 bits per heavy atom. The molecule has 3 aromatic rings. The third kappa shape index (κ3) is 4.72. The molecular formula is C23H24FN7O3. The van der Waals surface area contributed by atoms with E-state index in [2.05, 4.69) is 15.1 Å². The summed E-state index contributed by atoms with van der Waals surface area (Å²) in [5.41, 5.74) is 2.68. The quantitative estimate of drug-likeness (QED) is 0.418. The van der Waals surface area contributed by atoms with Gasteiger partial charge in [-0.25, -0.2) is 14.4 Å². The van der Waals surface area contributed by atoms with Crippen LogP contribution in [-0.4, -0.2) is 60.3 Å². The predicted octanol–water partition coefficient (Wildman–Crippen LogP) is 1.78. The Hall–Kier alpha value is -3.91. The number of aryl methyl sites for hydroxylation is 1. The number of amides is 2. The minimum absolute atomic E-state index is 0.0331. The Morgan fingerprint density at radius 2 is 2.06 bits per heavy atom. The number of hydrogen-bond donors (Lipinski definition) is 2. The van der Waals surface area contributed by atoms with Crippen molar-refractivity contribution in [3.05, 3.63) is 42.1 Å². The second kappa shape index (κ2) is 9.52. The molecule has 34 heavy (non-hydrogen) atoms. The molecule has 1 aliphatic rings. The standard InChI is InChI=1S/C23H24FN7O3/c1-13(32)23-19-5-15(16-8-26-14(2)27-9-16)3-4-20(19)31(29-23)11-22(34)30-10-17(24)6-18(30)7-21(33)28-12-25/h3-5,8-9,13,17-18,32H,6-7,10-11H2,1-2H3,(H,28,33)/t13?,17-,18+/m1/s1. The van der Waals surface area contributed by atoms with Gasteiger partial charge in [-0.3, -0.25) is 19.6 Å². The van der Waals surface area contributed by atoms with E-state index in [1.807, 2.05) is 17.4 Å². The molecule has 11 heteroatoms. The maximum atomic E-state index is 14.1. The second-order valence-electron chi connectivity index (χ2n) is 8.37. The predicted molar refractivity (Wildman–Crippen MR) is 120 cm³/mol. The number of nitrogens with one attached hydrogen (secondary N) is 1. The summed E-state index contributed by atoms with van der Waals surface area (Å²) in [5.74, 6) is -0.304. The fourth-order valence-corrected chi connectivity index (χ4v) is 4.26. The zero-order chi connectivity index (χ0) is 24.4. The zero-order valence-corrected chi connectivity index (χ0v) is 18.8. The monoisotopic (exact) mass is 465 g/mol. The summed E-state index contributed by atoms with van der Waals surface area (Å²) < 4.78 is 15.6. The van der Waals surface area contributed by atoms with Gasteiger partial charge in [-0.05, 0) is 31.5 Å². The average Bonchev–Trinajstić information content (AvgIpc) is 3.34. The van der Waals surface area contributed by atoms with Crippen molar-refractivity contribution in [2.75, 3.05) is 6.54 Å². The SMILES string of the molecule is Cc1ncc(-c2ccc3c(c2)c(C(C)O)nn3CC(=O)N2C[C@H](F)C[C@H]2CC(=O)NC#N)cn1. The largest absolute Gasteiger partial charge is 0.387 e. The van der Waals surface area contributed by atoms with Crippen molar-refractivity contribution >= 4 is 22.7 Å². The lowest BCUT2D eigenvalue weighted by molar-refractivity contribution is -0.133. The molecule has 10 nitrogen and oxygen atoms in total. The summed E-state index contributed by atoms with van der Waals surface area (Å²) in [6.07, 6.45) is 2.72. The molecule has 2 amide bonds. The van der Waals surface area contributed by atoms with Crippen LogP contribution < -0.4 is 5.32 Å². The summed E-state index contributed by atoms with van der Waals surface area (Å²) in [6, 6.07) is 4.88. The van der Waals surface area contributed by atoms with Gasteiger partial charge in [-0.15, -0.1) is 0 Å². The molecular weight excluding hydrogens is 441 g/mol. The Kier molecular flexibility index (Phi) is 6.51. The van der Waals surface area contributed by atoms with Crippen molar-refractivity contribution in [1.82, 2.24) is 30.0 Å². The van der Waals surface area contributed by atoms with Crippen LogP contribution in [0.2, 0.25) is 0 Å². The van der Waals surface area contributed by atoms with Crippen LogP contribution in [0.4, 0.5) is 4.39 Å². The highest BCUT2D eigenvalue weighted by Gasteiger charge is 2.36. The van der Waals surface area contributed by atoms with Crippen molar-refractivity contribution in [3.63, 3.8) is 0 Å². The van der Waals surface area contributed by atoms with Crippen LogP contribution in [0.3, 0.4) is 0 Å². The van der Waals surface area contributed by atoms with E-state index in [1.165, 1.54) is 9.58 Å². The van der Waals surface area contributed by atoms with E-state index < -0.39 is 30.1 Å². The number of nitrogens with zero attached hydrogens (tertiary/aromatic N) is 6. The van der Waals surface area contributed by atoms with E-state index in [4.69, 9.17) is 5.26 Å². The van der Waals surface area contributed by atoms with Gasteiger partial charge in [-0.2, -0.15) is 10.4 Å². The molecule has 1 aliphatic heterocycles. The van der Waals surface area contributed by atoms with Crippen molar-refractivity contribution in [2.45, 2.75) is 51.6 Å². The van der Waals surface area contributed by atoms with Gasteiger partial charge in [0.05, 0.1) is 23.9 Å². The van der Waals surface area contributed by atoms with Crippen LogP contribution in [0.5, 0.6) is 0 Å². The molecule has 4 rings (SSSR count). The minimum Gasteiger partial charge on any atom is -0.387 e. The minimum atomic E-state index is -1.24. The van der Waals surface area contributed by atoms with E-state index in [0.29, 0.717) is 22.4 Å². The van der Waals surface area contributed by atoms with Crippen LogP contribution in [0.25, 0.3) is 22.0 Å². The van der Waals surface area contributed by atoms with E-state index in [1.54, 1.807) is 38.5 Å². The lowest BCUT2D eigenvalue weighted by Gasteiger charge is -2.23. The van der Waals surface area contributed by atoms with Crippen molar-refractivity contribution in [3.8, 4) is 17.3 Å². The van der Waals surface area contributed by atoms with Crippen LogP contribution in [0, 0.1) is 18.4 Å². The summed E-state index contributed by atoms with van der Waals surface area (Å²) in [7, 11) is 0. The van der Waals surface area contributed by atoms with Crippen LogP contribution in [0.15, 0.2) is 30.6 Å². The first-order valence-electron chi connectivity index (χ1n) is 10.9. The number of fused-ring (bicyclic) bond motifs is 1. The third-order valence-corrected chi connectivity index (χ3v) is 5.87. The summed E-state index contributed by atoms with van der Waals surface area (Å²) in [6.45, 7) is 3.09. The fraction of sp³-hybridized carbons (Fsp3) is 0.391. The molecule has 1 aromatic carbocycles. The highest BCUT2D eigenvalue weighted by Crippen LogP contribution is 2.30. The Bertz CT molecular complexity index is 1270. The summed E-state index contributed by atoms with van der Waals surface area (Å²) >= 11 is 0. The second-order valence-corrected chi connectivity index (χ2v) is 8.37. The number of alkyl halides is 1. The van der Waals surface area contributed by atoms with E-state index in [9.17, 15) is 19.1 Å². The maximum Gasteiger partial charge on any atom is 0.244 e. The Labute approximate surface area is 195 Å². The zero-order valence-electron chi connectivity index (χ0n) is 18.8. The van der Waals surface area contributed by atoms with Gasteiger partial charge in [0.25, 0.3) is 0 Å². The Balaban J connectivity index is 1.62. The fourth-order valence-electron chi connectivity index (χ4n) is 4.26. The maximum absolute atomic E-state index is 14.1. The number of carbonyl (C=O) groups is 2. The van der Waals surface area contributed by atoms with Gasteiger partial charge in [0, 0.05) is 42.2 Å². The van der Waals surface area contributed by atoms with Crippen molar-refractivity contribution in [2.24, 2.45) is 0 Å². The number of hydrogen-bond acceptors (Lipinski definition) is 7. The summed E-state index contributed by atoms with van der Waals surface area (Å²) in [4.78, 5) is 34.6. The normalized spacial score (nSPS) is 18.6. The first-order chi connectivity index (χ1) is 16.3. The van der Waals surface area contributed by atoms with Gasteiger partial charge in [-0.1, -0.05) is 6.07 Å². The number of rotatable bonds is 6. The molecule has 1 fully saturated rings. The molecule has 2 aromatic heterocycles. The highest BCUT2D eigenvalue weighted by molar-refractivity contribution is 5.89. The van der Waals surface area contributed by atoms with Crippen molar-refractivity contribution in [1.29, 1.82) is 5.26 Å². The smallest absolute Gasteiger partial charge is 0.244 e. The topological polar surface area (TPSA) is 137 Å². The summed E-state index contributed by atoms with van der Waals surface area (Å²) in [5, 5.41) is 26.0. The van der Waals surface area contributed by atoms with Gasteiger partial charge in [0.2, 0.25) is 11.8 Å². The lowest BCUT2D eigenvalue weighted by Crippen LogP contribution is -2.40. The van der Waals surface area contributed by atoms with Gasteiger partial charge < -0.3 is 10.0 Å². The molecule has 1 unspecified atom stereocenters. The van der Waals surface area contributed by atoms with Crippen LogP contribution in [-0.2, 0) is 16.1 Å². The molecule has 0 spiro atoms. The highest BCUT2D eigenvalue weighted by atomic mass is 19.1. The third-order valence-electron chi connectivity index (χ3n) is 5.87. The van der Waals surface area contributed by atoms with E-state index >= 15 is 0 Å². The Morgan fingerprint density at radius 1 is 1.32 bits per heavy atom. The van der Waals surface area contributed by atoms with Crippen LogP contribution >= 0.6 is 0 Å².